The van der Waals surface area contributed by atoms with E-state index in [1.165, 1.54) is 6.07 Å². The van der Waals surface area contributed by atoms with E-state index in [0.717, 1.165) is 11.1 Å². The van der Waals surface area contributed by atoms with Crippen molar-refractivity contribution in [3.05, 3.63) is 106 Å². The summed E-state index contributed by atoms with van der Waals surface area (Å²) >= 11 is 0. The van der Waals surface area contributed by atoms with E-state index >= 15 is 0 Å². The molecule has 0 spiro atoms. The van der Waals surface area contributed by atoms with Crippen LogP contribution < -0.4 is 10.7 Å². The van der Waals surface area contributed by atoms with Crippen molar-refractivity contribution < 1.29 is 4.79 Å². The Labute approximate surface area is 140 Å². The maximum absolute atomic E-state index is 12.3. The molecule has 3 rings (SSSR count). The SMILES string of the molecule is O=C(NCc1ccccc1)c1cn(Cc2ccccc2)ccc1=O. The van der Waals surface area contributed by atoms with E-state index in [9.17, 15) is 9.59 Å². The van der Waals surface area contributed by atoms with E-state index in [1.807, 2.05) is 65.2 Å². The molecular formula is C20H18N2O2. The van der Waals surface area contributed by atoms with Crippen LogP contribution in [0, 0.1) is 0 Å². The molecule has 1 N–H and O–H groups in total. The van der Waals surface area contributed by atoms with E-state index in [0.29, 0.717) is 13.1 Å². The van der Waals surface area contributed by atoms with Gasteiger partial charge in [-0.15, -0.1) is 0 Å². The van der Waals surface area contributed by atoms with E-state index in [-0.39, 0.29) is 16.9 Å². The highest BCUT2D eigenvalue weighted by molar-refractivity contribution is 5.93. The molecule has 1 amide bonds. The second-order valence-corrected chi connectivity index (χ2v) is 5.55. The zero-order valence-corrected chi connectivity index (χ0v) is 13.2. The van der Waals surface area contributed by atoms with Crippen molar-refractivity contribution in [1.82, 2.24) is 9.88 Å². The molecule has 4 nitrogen and oxygen atoms in total. The standard InChI is InChI=1S/C20H18N2O2/c23-19-11-12-22(14-17-9-5-2-6-10-17)15-18(19)20(24)21-13-16-7-3-1-4-8-16/h1-12,15H,13-14H2,(H,21,24). The largest absolute Gasteiger partial charge is 0.349 e. The first kappa shape index (κ1) is 15.7. The van der Waals surface area contributed by atoms with Gasteiger partial charge >= 0.3 is 0 Å². The van der Waals surface area contributed by atoms with Crippen LogP contribution in [0.5, 0.6) is 0 Å². The molecule has 24 heavy (non-hydrogen) atoms. The normalized spacial score (nSPS) is 10.3. The van der Waals surface area contributed by atoms with Crippen LogP contribution in [0.1, 0.15) is 21.5 Å². The maximum Gasteiger partial charge on any atom is 0.257 e. The van der Waals surface area contributed by atoms with E-state index < -0.39 is 0 Å². The van der Waals surface area contributed by atoms with Crippen molar-refractivity contribution in [3.8, 4) is 0 Å². The van der Waals surface area contributed by atoms with Gasteiger partial charge in [-0.3, -0.25) is 9.59 Å². The number of nitrogens with one attached hydrogen (secondary N) is 1. The van der Waals surface area contributed by atoms with E-state index in [1.54, 1.807) is 12.4 Å². The first-order chi connectivity index (χ1) is 11.7. The molecule has 4 heteroatoms. The number of hydrogen-bond acceptors (Lipinski definition) is 2. The minimum atomic E-state index is -0.355. The Kier molecular flexibility index (Phi) is 4.87. The summed E-state index contributed by atoms with van der Waals surface area (Å²) in [5.41, 5.74) is 1.98. The van der Waals surface area contributed by atoms with Gasteiger partial charge < -0.3 is 9.88 Å². The quantitative estimate of drug-likeness (QED) is 0.786. The van der Waals surface area contributed by atoms with E-state index in [2.05, 4.69) is 5.32 Å². The monoisotopic (exact) mass is 318 g/mol. The fourth-order valence-corrected chi connectivity index (χ4v) is 2.46. The number of carbonyl (C=O) groups is 1. The lowest BCUT2D eigenvalue weighted by molar-refractivity contribution is 0.0949. The fourth-order valence-electron chi connectivity index (χ4n) is 2.46. The van der Waals surface area contributed by atoms with Gasteiger partial charge in [-0.05, 0) is 11.1 Å². The Morgan fingerprint density at radius 2 is 1.50 bits per heavy atom. The first-order valence-corrected chi connectivity index (χ1v) is 7.78. The van der Waals surface area contributed by atoms with Crippen LogP contribution in [-0.4, -0.2) is 10.5 Å². The van der Waals surface area contributed by atoms with Crippen molar-refractivity contribution >= 4 is 5.91 Å². The highest BCUT2D eigenvalue weighted by atomic mass is 16.2. The highest BCUT2D eigenvalue weighted by Crippen LogP contribution is 2.03. The molecule has 0 aliphatic rings. The van der Waals surface area contributed by atoms with Crippen molar-refractivity contribution in [2.24, 2.45) is 0 Å². The van der Waals surface area contributed by atoms with Crippen molar-refractivity contribution in [1.29, 1.82) is 0 Å². The number of rotatable bonds is 5. The summed E-state index contributed by atoms with van der Waals surface area (Å²) in [6.07, 6.45) is 3.30. The van der Waals surface area contributed by atoms with Gasteiger partial charge in [0.25, 0.3) is 5.91 Å². The number of pyridine rings is 1. The second kappa shape index (κ2) is 7.42. The summed E-state index contributed by atoms with van der Waals surface area (Å²) in [4.78, 5) is 24.3. The third-order valence-corrected chi connectivity index (χ3v) is 3.73. The number of hydrogen-bond donors (Lipinski definition) is 1. The summed E-state index contributed by atoms with van der Waals surface area (Å²) < 4.78 is 1.84. The molecule has 1 aromatic heterocycles. The van der Waals surface area contributed by atoms with Gasteiger partial charge in [0.05, 0.1) is 0 Å². The summed E-state index contributed by atoms with van der Waals surface area (Å²) in [5.74, 6) is -0.355. The predicted molar refractivity (Wildman–Crippen MR) is 93.9 cm³/mol. The van der Waals surface area contributed by atoms with Gasteiger partial charge in [0, 0.05) is 31.5 Å². The number of aromatic nitrogens is 1. The number of amides is 1. The molecule has 1 heterocycles. The van der Waals surface area contributed by atoms with Gasteiger partial charge in [0.1, 0.15) is 5.56 Å². The third kappa shape index (κ3) is 3.98. The Morgan fingerprint density at radius 1 is 0.875 bits per heavy atom. The smallest absolute Gasteiger partial charge is 0.257 e. The fraction of sp³-hybridized carbons (Fsp3) is 0.100. The van der Waals surface area contributed by atoms with Crippen LogP contribution in [0.25, 0.3) is 0 Å². The Balaban J connectivity index is 1.73. The summed E-state index contributed by atoms with van der Waals surface area (Å²) in [7, 11) is 0. The van der Waals surface area contributed by atoms with Crippen LogP contribution in [0.15, 0.2) is 83.9 Å². The molecule has 0 aliphatic carbocycles. The Hall–Kier alpha value is -3.14. The third-order valence-electron chi connectivity index (χ3n) is 3.73. The summed E-state index contributed by atoms with van der Waals surface area (Å²) in [6.45, 7) is 1.01. The lowest BCUT2D eigenvalue weighted by atomic mass is 10.2. The van der Waals surface area contributed by atoms with Gasteiger partial charge in [-0.2, -0.15) is 0 Å². The molecule has 0 unspecified atom stereocenters. The topological polar surface area (TPSA) is 51.1 Å². The Morgan fingerprint density at radius 3 is 2.17 bits per heavy atom. The van der Waals surface area contributed by atoms with E-state index in [4.69, 9.17) is 0 Å². The van der Waals surface area contributed by atoms with Gasteiger partial charge in [0.2, 0.25) is 0 Å². The van der Waals surface area contributed by atoms with Crippen LogP contribution in [0.3, 0.4) is 0 Å². The average molecular weight is 318 g/mol. The molecule has 3 aromatic rings. The second-order valence-electron chi connectivity index (χ2n) is 5.55. The number of nitrogens with zero attached hydrogens (tertiary/aromatic N) is 1. The van der Waals surface area contributed by atoms with Crippen LogP contribution in [0.4, 0.5) is 0 Å². The predicted octanol–water partition coefficient (Wildman–Crippen LogP) is 2.83. The zero-order valence-electron chi connectivity index (χ0n) is 13.2. The highest BCUT2D eigenvalue weighted by Gasteiger charge is 2.10. The van der Waals surface area contributed by atoms with Gasteiger partial charge in [0.15, 0.2) is 5.43 Å². The van der Waals surface area contributed by atoms with Crippen molar-refractivity contribution in [2.45, 2.75) is 13.1 Å². The molecule has 0 fully saturated rings. The zero-order chi connectivity index (χ0) is 16.8. The van der Waals surface area contributed by atoms with Crippen LogP contribution in [0.2, 0.25) is 0 Å². The maximum atomic E-state index is 12.3. The van der Waals surface area contributed by atoms with Crippen LogP contribution in [-0.2, 0) is 13.1 Å². The van der Waals surface area contributed by atoms with Gasteiger partial charge in [-0.1, -0.05) is 60.7 Å². The number of benzene rings is 2. The summed E-state index contributed by atoms with van der Waals surface area (Å²) in [6, 6.07) is 20.9. The molecule has 0 atom stereocenters. The molecule has 0 radical (unpaired) electrons. The molecule has 0 aliphatic heterocycles. The molecule has 0 bridgehead atoms. The summed E-state index contributed by atoms with van der Waals surface area (Å²) in [5, 5.41) is 2.79. The molecule has 120 valence electrons. The minimum absolute atomic E-state index is 0.157. The molecule has 0 saturated heterocycles. The first-order valence-electron chi connectivity index (χ1n) is 7.78. The lowest BCUT2D eigenvalue weighted by Gasteiger charge is -2.09. The average Bonchev–Trinajstić information content (AvgIpc) is 2.63. The van der Waals surface area contributed by atoms with Crippen LogP contribution >= 0.6 is 0 Å². The minimum Gasteiger partial charge on any atom is -0.349 e. The molecule has 2 aromatic carbocycles. The van der Waals surface area contributed by atoms with Crippen molar-refractivity contribution in [3.63, 3.8) is 0 Å². The molecule has 0 saturated carbocycles. The lowest BCUT2D eigenvalue weighted by Crippen LogP contribution is -2.28. The van der Waals surface area contributed by atoms with Crippen molar-refractivity contribution in [2.75, 3.05) is 0 Å². The number of carbonyl (C=O) groups excluding carboxylic acids is 1. The Bertz CT molecular complexity index is 871. The van der Waals surface area contributed by atoms with Gasteiger partial charge in [-0.25, -0.2) is 0 Å². The molecular weight excluding hydrogens is 300 g/mol.